The zero-order valence-electron chi connectivity index (χ0n) is 11.9. The summed E-state index contributed by atoms with van der Waals surface area (Å²) in [6.07, 6.45) is 0. The van der Waals surface area contributed by atoms with Crippen LogP contribution in [0.15, 0.2) is 29.6 Å². The van der Waals surface area contributed by atoms with Crippen molar-refractivity contribution in [2.75, 3.05) is 4.72 Å². The van der Waals surface area contributed by atoms with E-state index in [1.165, 1.54) is 11.3 Å². The highest BCUT2D eigenvalue weighted by Crippen LogP contribution is 2.23. The maximum atomic E-state index is 12.1. The van der Waals surface area contributed by atoms with Crippen LogP contribution in [0.25, 0.3) is 0 Å². The zero-order valence-corrected chi connectivity index (χ0v) is 13.5. The standard InChI is InChI=1S/C14H18N2O3S2/c1-10(2)13-8-20-14(15-13)16-21(18,19)9-12-5-3-4-11(6-12)7-17/h3-6,8,10,17H,7,9H2,1-2H3,(H,15,16). The molecule has 21 heavy (non-hydrogen) atoms. The number of benzene rings is 1. The van der Waals surface area contributed by atoms with E-state index in [2.05, 4.69) is 9.71 Å². The van der Waals surface area contributed by atoms with Gasteiger partial charge in [0.05, 0.1) is 18.1 Å². The molecule has 0 aliphatic rings. The molecule has 0 bridgehead atoms. The molecule has 0 fully saturated rings. The van der Waals surface area contributed by atoms with Crippen LogP contribution in [0.2, 0.25) is 0 Å². The summed E-state index contributed by atoms with van der Waals surface area (Å²) in [6.45, 7) is 3.91. The Morgan fingerprint density at radius 3 is 2.67 bits per heavy atom. The van der Waals surface area contributed by atoms with E-state index in [9.17, 15) is 8.42 Å². The quantitative estimate of drug-likeness (QED) is 0.855. The number of nitrogens with one attached hydrogen (secondary N) is 1. The number of thiazole rings is 1. The van der Waals surface area contributed by atoms with Crippen molar-refractivity contribution >= 4 is 26.5 Å². The van der Waals surface area contributed by atoms with E-state index >= 15 is 0 Å². The smallest absolute Gasteiger partial charge is 0.238 e. The second kappa shape index (κ2) is 6.55. The van der Waals surface area contributed by atoms with Crippen molar-refractivity contribution in [2.45, 2.75) is 32.1 Å². The van der Waals surface area contributed by atoms with Crippen molar-refractivity contribution in [1.29, 1.82) is 0 Å². The van der Waals surface area contributed by atoms with E-state index in [0.717, 1.165) is 5.69 Å². The number of hydrogen-bond acceptors (Lipinski definition) is 5. The van der Waals surface area contributed by atoms with Gasteiger partial charge < -0.3 is 5.11 Å². The van der Waals surface area contributed by atoms with Crippen molar-refractivity contribution in [3.05, 3.63) is 46.5 Å². The van der Waals surface area contributed by atoms with Crippen LogP contribution in [0.4, 0.5) is 5.13 Å². The lowest BCUT2D eigenvalue weighted by atomic mass is 10.1. The van der Waals surface area contributed by atoms with Crippen LogP contribution >= 0.6 is 11.3 Å². The molecule has 0 amide bonds. The summed E-state index contributed by atoms with van der Waals surface area (Å²) >= 11 is 1.28. The van der Waals surface area contributed by atoms with E-state index < -0.39 is 10.0 Å². The lowest BCUT2D eigenvalue weighted by molar-refractivity contribution is 0.282. The predicted molar refractivity (Wildman–Crippen MR) is 84.8 cm³/mol. The first-order chi connectivity index (χ1) is 9.89. The van der Waals surface area contributed by atoms with Crippen LogP contribution in [0.5, 0.6) is 0 Å². The van der Waals surface area contributed by atoms with Gasteiger partial charge in [0.25, 0.3) is 0 Å². The molecule has 0 spiro atoms. The van der Waals surface area contributed by atoms with Crippen molar-refractivity contribution in [3.8, 4) is 0 Å². The summed E-state index contributed by atoms with van der Waals surface area (Å²) < 4.78 is 26.8. The maximum Gasteiger partial charge on any atom is 0.238 e. The number of nitrogens with zero attached hydrogens (tertiary/aromatic N) is 1. The van der Waals surface area contributed by atoms with Crippen LogP contribution < -0.4 is 4.72 Å². The first-order valence-corrected chi connectivity index (χ1v) is 9.07. The summed E-state index contributed by atoms with van der Waals surface area (Å²) in [4.78, 5) is 4.26. The summed E-state index contributed by atoms with van der Waals surface area (Å²) in [7, 11) is -3.51. The van der Waals surface area contributed by atoms with Crippen LogP contribution in [-0.4, -0.2) is 18.5 Å². The normalized spacial score (nSPS) is 11.8. The molecule has 0 aliphatic heterocycles. The molecular weight excluding hydrogens is 308 g/mol. The van der Waals surface area contributed by atoms with Crippen molar-refractivity contribution < 1.29 is 13.5 Å². The molecule has 7 heteroatoms. The molecule has 114 valence electrons. The Hall–Kier alpha value is -1.44. The largest absolute Gasteiger partial charge is 0.392 e. The fourth-order valence-corrected chi connectivity index (χ4v) is 4.10. The summed E-state index contributed by atoms with van der Waals surface area (Å²) in [6, 6.07) is 6.89. The first-order valence-electron chi connectivity index (χ1n) is 6.54. The SMILES string of the molecule is CC(C)c1csc(NS(=O)(=O)Cc2cccc(CO)c2)n1. The molecule has 0 saturated carbocycles. The van der Waals surface area contributed by atoms with Crippen LogP contribution in [-0.2, 0) is 22.4 Å². The highest BCUT2D eigenvalue weighted by Gasteiger charge is 2.15. The topological polar surface area (TPSA) is 79.3 Å². The fourth-order valence-electron chi connectivity index (χ4n) is 1.80. The lowest BCUT2D eigenvalue weighted by Gasteiger charge is -2.06. The van der Waals surface area contributed by atoms with Gasteiger partial charge in [-0.3, -0.25) is 4.72 Å². The lowest BCUT2D eigenvalue weighted by Crippen LogP contribution is -2.15. The van der Waals surface area contributed by atoms with E-state index in [-0.39, 0.29) is 18.3 Å². The number of aliphatic hydroxyl groups excluding tert-OH is 1. The van der Waals surface area contributed by atoms with E-state index in [0.29, 0.717) is 16.3 Å². The molecule has 2 N–H and O–H groups in total. The van der Waals surface area contributed by atoms with E-state index in [4.69, 9.17) is 5.11 Å². The zero-order chi connectivity index (χ0) is 15.5. The fraction of sp³-hybridized carbons (Fsp3) is 0.357. The molecular formula is C14H18N2O3S2. The molecule has 0 unspecified atom stereocenters. The predicted octanol–water partition coefficient (Wildman–Crippen LogP) is 2.70. The monoisotopic (exact) mass is 326 g/mol. The van der Waals surface area contributed by atoms with Gasteiger partial charge in [-0.15, -0.1) is 11.3 Å². The van der Waals surface area contributed by atoms with Gasteiger partial charge in [-0.2, -0.15) is 0 Å². The molecule has 1 aromatic heterocycles. The van der Waals surface area contributed by atoms with Gasteiger partial charge in [-0.1, -0.05) is 38.1 Å². The summed E-state index contributed by atoms with van der Waals surface area (Å²) in [5.41, 5.74) is 2.20. The van der Waals surface area contributed by atoms with E-state index in [1.807, 2.05) is 19.2 Å². The second-order valence-electron chi connectivity index (χ2n) is 5.07. The van der Waals surface area contributed by atoms with Gasteiger partial charge in [0.15, 0.2) is 5.13 Å². The Kier molecular flexibility index (Phi) is 4.97. The van der Waals surface area contributed by atoms with Crippen LogP contribution in [0.1, 0.15) is 36.6 Å². The Bertz CT molecular complexity index is 709. The molecule has 2 rings (SSSR count). The Morgan fingerprint density at radius 2 is 2.05 bits per heavy atom. The third-order valence-corrected chi connectivity index (χ3v) is 5.01. The average molecular weight is 326 g/mol. The number of rotatable bonds is 6. The first kappa shape index (κ1) is 15.9. The number of sulfonamides is 1. The number of aromatic nitrogens is 1. The molecule has 1 heterocycles. The minimum atomic E-state index is -3.51. The minimum Gasteiger partial charge on any atom is -0.392 e. The van der Waals surface area contributed by atoms with Crippen LogP contribution in [0.3, 0.4) is 0 Å². The molecule has 0 radical (unpaired) electrons. The Labute approximate surface area is 128 Å². The molecule has 0 aliphatic carbocycles. The third-order valence-electron chi connectivity index (χ3n) is 2.89. The van der Waals surface area contributed by atoms with Crippen molar-refractivity contribution in [2.24, 2.45) is 0 Å². The number of aliphatic hydroxyl groups is 1. The van der Waals surface area contributed by atoms with Gasteiger partial charge >= 0.3 is 0 Å². The Morgan fingerprint density at radius 1 is 1.33 bits per heavy atom. The number of hydrogen-bond donors (Lipinski definition) is 2. The third kappa shape index (κ3) is 4.52. The average Bonchev–Trinajstić information content (AvgIpc) is 2.86. The van der Waals surface area contributed by atoms with Gasteiger partial charge in [0.1, 0.15) is 0 Å². The molecule has 5 nitrogen and oxygen atoms in total. The highest BCUT2D eigenvalue weighted by molar-refractivity contribution is 7.92. The van der Waals surface area contributed by atoms with Crippen molar-refractivity contribution in [3.63, 3.8) is 0 Å². The number of anilines is 1. The van der Waals surface area contributed by atoms with Gasteiger partial charge in [-0.25, -0.2) is 13.4 Å². The minimum absolute atomic E-state index is 0.106. The maximum absolute atomic E-state index is 12.1. The van der Waals surface area contributed by atoms with Gasteiger partial charge in [0.2, 0.25) is 10.0 Å². The molecule has 1 aromatic carbocycles. The highest BCUT2D eigenvalue weighted by atomic mass is 32.2. The van der Waals surface area contributed by atoms with Crippen LogP contribution in [0, 0.1) is 0 Å². The molecule has 0 saturated heterocycles. The second-order valence-corrected chi connectivity index (χ2v) is 7.65. The molecule has 2 aromatic rings. The Balaban J connectivity index is 2.10. The summed E-state index contributed by atoms with van der Waals surface area (Å²) in [5, 5.41) is 11.3. The molecule has 0 atom stereocenters. The van der Waals surface area contributed by atoms with E-state index in [1.54, 1.807) is 24.3 Å². The van der Waals surface area contributed by atoms with Gasteiger partial charge in [-0.05, 0) is 17.0 Å². The van der Waals surface area contributed by atoms with Gasteiger partial charge in [0, 0.05) is 5.38 Å². The summed E-state index contributed by atoms with van der Waals surface area (Å²) in [5.74, 6) is 0.123. The van der Waals surface area contributed by atoms with Crippen molar-refractivity contribution in [1.82, 2.24) is 4.98 Å².